The number of amides is 1. The summed E-state index contributed by atoms with van der Waals surface area (Å²) in [4.78, 5) is 11.6. The van der Waals surface area contributed by atoms with Crippen LogP contribution in [0.5, 0.6) is 0 Å². The molecule has 0 aromatic heterocycles. The molecule has 1 amide bonds. The van der Waals surface area contributed by atoms with Crippen LogP contribution in [0.25, 0.3) is 0 Å². The van der Waals surface area contributed by atoms with Crippen molar-refractivity contribution in [2.24, 2.45) is 0 Å². The summed E-state index contributed by atoms with van der Waals surface area (Å²) in [6.45, 7) is 0.642. The highest BCUT2D eigenvalue weighted by Crippen LogP contribution is 2.19. The van der Waals surface area contributed by atoms with Crippen LogP contribution < -0.4 is 0 Å². The summed E-state index contributed by atoms with van der Waals surface area (Å²) in [5.74, 6) is 0. The minimum Gasteiger partial charge on any atom is -0.465 e. The second-order valence-corrected chi connectivity index (χ2v) is 2.69. The predicted octanol–water partition coefficient (Wildman–Crippen LogP) is 1.02. The second kappa shape index (κ2) is 2.47. The van der Waals surface area contributed by atoms with Crippen molar-refractivity contribution < 1.29 is 9.90 Å². The number of thiol groups is 1. The van der Waals surface area contributed by atoms with Gasteiger partial charge in [-0.05, 0) is 12.8 Å². The van der Waals surface area contributed by atoms with Crippen molar-refractivity contribution in [3.63, 3.8) is 0 Å². The van der Waals surface area contributed by atoms with Gasteiger partial charge in [0.25, 0.3) is 0 Å². The van der Waals surface area contributed by atoms with Crippen molar-refractivity contribution in [3.8, 4) is 0 Å². The summed E-state index contributed by atoms with van der Waals surface area (Å²) >= 11 is 4.07. The van der Waals surface area contributed by atoms with Gasteiger partial charge in [-0.1, -0.05) is 0 Å². The minimum absolute atomic E-state index is 0.0671. The van der Waals surface area contributed by atoms with E-state index in [0.717, 1.165) is 12.8 Å². The topological polar surface area (TPSA) is 40.5 Å². The van der Waals surface area contributed by atoms with Crippen molar-refractivity contribution in [2.75, 3.05) is 6.54 Å². The zero-order chi connectivity index (χ0) is 6.85. The van der Waals surface area contributed by atoms with Crippen molar-refractivity contribution in [1.29, 1.82) is 0 Å². The molecule has 1 fully saturated rings. The molecular weight excluding hydrogens is 138 g/mol. The maximum Gasteiger partial charge on any atom is 0.408 e. The first-order valence-electron chi connectivity index (χ1n) is 2.89. The highest BCUT2D eigenvalue weighted by molar-refractivity contribution is 7.80. The molecule has 0 aromatic rings. The lowest BCUT2D eigenvalue weighted by Gasteiger charge is -2.15. The summed E-state index contributed by atoms with van der Waals surface area (Å²) in [5, 5.41) is 8.39. The average molecular weight is 147 g/mol. The quantitative estimate of drug-likeness (QED) is 0.502. The molecule has 0 bridgehead atoms. The van der Waals surface area contributed by atoms with Gasteiger partial charge in [-0.15, -0.1) is 0 Å². The zero-order valence-corrected chi connectivity index (χ0v) is 5.84. The maximum absolute atomic E-state index is 10.3. The second-order valence-electron chi connectivity index (χ2n) is 2.10. The van der Waals surface area contributed by atoms with Gasteiger partial charge in [-0.3, -0.25) is 4.90 Å². The summed E-state index contributed by atoms with van der Waals surface area (Å²) in [6, 6.07) is 0. The Labute approximate surface area is 59.1 Å². The first-order chi connectivity index (χ1) is 4.22. The largest absolute Gasteiger partial charge is 0.465 e. The van der Waals surface area contributed by atoms with Gasteiger partial charge in [-0.2, -0.15) is 12.6 Å². The molecule has 0 aromatic carbocycles. The van der Waals surface area contributed by atoms with E-state index < -0.39 is 6.09 Å². The third kappa shape index (κ3) is 1.30. The number of carbonyl (C=O) groups is 1. The highest BCUT2D eigenvalue weighted by atomic mass is 32.1. The predicted molar refractivity (Wildman–Crippen MR) is 36.7 cm³/mol. The van der Waals surface area contributed by atoms with Gasteiger partial charge in [0.15, 0.2) is 0 Å². The SMILES string of the molecule is O=C(O)N1CCC[C@@H]1S. The zero-order valence-electron chi connectivity index (χ0n) is 4.95. The molecule has 0 saturated carbocycles. The van der Waals surface area contributed by atoms with Crippen LogP contribution in [0.2, 0.25) is 0 Å². The molecule has 0 unspecified atom stereocenters. The van der Waals surface area contributed by atoms with E-state index in [1.54, 1.807) is 0 Å². The maximum atomic E-state index is 10.3. The summed E-state index contributed by atoms with van der Waals surface area (Å²) in [6.07, 6.45) is 0.975. The van der Waals surface area contributed by atoms with Crippen LogP contribution in [0.1, 0.15) is 12.8 Å². The van der Waals surface area contributed by atoms with Crippen molar-refractivity contribution in [2.45, 2.75) is 18.2 Å². The van der Waals surface area contributed by atoms with Gasteiger partial charge in [0, 0.05) is 6.54 Å². The van der Waals surface area contributed by atoms with Crippen LogP contribution in [0.3, 0.4) is 0 Å². The number of hydrogen-bond donors (Lipinski definition) is 2. The molecule has 0 aliphatic carbocycles. The Morgan fingerprint density at radius 2 is 2.44 bits per heavy atom. The van der Waals surface area contributed by atoms with Crippen molar-refractivity contribution in [1.82, 2.24) is 4.90 Å². The Kier molecular flexibility index (Phi) is 1.85. The number of likely N-dealkylation sites (tertiary alicyclic amines) is 1. The van der Waals surface area contributed by atoms with E-state index in [-0.39, 0.29) is 5.37 Å². The van der Waals surface area contributed by atoms with E-state index in [0.29, 0.717) is 6.54 Å². The Hall–Kier alpha value is -0.380. The number of nitrogens with zero attached hydrogens (tertiary/aromatic N) is 1. The number of hydrogen-bond acceptors (Lipinski definition) is 2. The van der Waals surface area contributed by atoms with Gasteiger partial charge in [0.2, 0.25) is 0 Å². The normalized spacial score (nSPS) is 26.8. The molecule has 4 heteroatoms. The molecule has 52 valence electrons. The first-order valence-corrected chi connectivity index (χ1v) is 3.41. The lowest BCUT2D eigenvalue weighted by Crippen LogP contribution is -2.30. The van der Waals surface area contributed by atoms with Crippen LogP contribution in [0.15, 0.2) is 0 Å². The fourth-order valence-electron chi connectivity index (χ4n) is 0.972. The monoisotopic (exact) mass is 147 g/mol. The summed E-state index contributed by atoms with van der Waals surface area (Å²) in [7, 11) is 0. The van der Waals surface area contributed by atoms with E-state index in [2.05, 4.69) is 12.6 Å². The Balaban J connectivity index is 2.49. The van der Waals surface area contributed by atoms with E-state index >= 15 is 0 Å². The molecule has 9 heavy (non-hydrogen) atoms. The van der Waals surface area contributed by atoms with Crippen LogP contribution >= 0.6 is 12.6 Å². The smallest absolute Gasteiger partial charge is 0.408 e. The lowest BCUT2D eigenvalue weighted by atomic mass is 10.4. The molecular formula is C5H9NO2S. The Morgan fingerprint density at radius 3 is 2.67 bits per heavy atom. The fraction of sp³-hybridized carbons (Fsp3) is 0.800. The van der Waals surface area contributed by atoms with E-state index in [1.807, 2.05) is 0 Å². The lowest BCUT2D eigenvalue weighted by molar-refractivity contribution is 0.152. The summed E-state index contributed by atoms with van der Waals surface area (Å²) < 4.78 is 0. The molecule has 1 N–H and O–H groups in total. The van der Waals surface area contributed by atoms with E-state index in [4.69, 9.17) is 5.11 Å². The third-order valence-electron chi connectivity index (χ3n) is 1.47. The number of carboxylic acid groups (broad SMARTS) is 1. The third-order valence-corrected chi connectivity index (χ3v) is 2.00. The molecule has 1 atom stereocenters. The van der Waals surface area contributed by atoms with E-state index in [9.17, 15) is 4.79 Å². The van der Waals surface area contributed by atoms with E-state index in [1.165, 1.54) is 4.90 Å². The van der Waals surface area contributed by atoms with Crippen LogP contribution in [-0.4, -0.2) is 28.0 Å². The molecule has 0 radical (unpaired) electrons. The Bertz CT molecular complexity index is 128. The molecule has 1 heterocycles. The average Bonchev–Trinajstić information content (AvgIpc) is 2.13. The molecule has 3 nitrogen and oxygen atoms in total. The van der Waals surface area contributed by atoms with Gasteiger partial charge < -0.3 is 5.11 Å². The molecule has 1 aliphatic heterocycles. The first kappa shape index (κ1) is 6.74. The molecule has 1 saturated heterocycles. The van der Waals surface area contributed by atoms with Crippen LogP contribution in [0.4, 0.5) is 4.79 Å². The van der Waals surface area contributed by atoms with Crippen molar-refractivity contribution in [3.05, 3.63) is 0 Å². The minimum atomic E-state index is -0.854. The molecule has 1 aliphatic rings. The molecule has 0 spiro atoms. The van der Waals surface area contributed by atoms with Gasteiger partial charge in [0.1, 0.15) is 0 Å². The van der Waals surface area contributed by atoms with Crippen LogP contribution in [-0.2, 0) is 0 Å². The molecule has 1 rings (SSSR count). The fourth-order valence-corrected chi connectivity index (χ4v) is 1.37. The van der Waals surface area contributed by atoms with Gasteiger partial charge in [-0.25, -0.2) is 4.79 Å². The number of rotatable bonds is 0. The van der Waals surface area contributed by atoms with Gasteiger partial charge in [0.05, 0.1) is 5.37 Å². The van der Waals surface area contributed by atoms with Gasteiger partial charge >= 0.3 is 6.09 Å². The summed E-state index contributed by atoms with van der Waals surface area (Å²) in [5.41, 5.74) is 0. The van der Waals surface area contributed by atoms with Crippen LogP contribution in [0, 0.1) is 0 Å². The Morgan fingerprint density at radius 1 is 1.78 bits per heavy atom. The highest BCUT2D eigenvalue weighted by Gasteiger charge is 2.24. The standard InChI is InChI=1S/C5H9NO2S/c7-5(8)6-3-1-2-4(6)9/h4,9H,1-3H2,(H,7,8)/t4-/m0/s1. The van der Waals surface area contributed by atoms with Crippen molar-refractivity contribution >= 4 is 18.7 Å².